The average molecular weight is 443 g/mol. The number of hydrogen-bond donors (Lipinski definition) is 1. The van der Waals surface area contributed by atoms with Crippen LogP contribution >= 0.6 is 15.9 Å². The lowest BCUT2D eigenvalue weighted by Crippen LogP contribution is -2.42. The highest BCUT2D eigenvalue weighted by Crippen LogP contribution is 2.39. The molecular weight excluding hydrogens is 424 g/mol. The van der Waals surface area contributed by atoms with Gasteiger partial charge >= 0.3 is 0 Å². The van der Waals surface area contributed by atoms with Crippen LogP contribution in [0.25, 0.3) is 0 Å². The quantitative estimate of drug-likeness (QED) is 0.615. The number of para-hydroxylation sites is 1. The second-order valence-electron chi connectivity index (χ2n) is 6.63. The first kappa shape index (κ1) is 18.2. The SMILES string of the molecule is Cc1cccc(CN2C(c3ccc(Br)cc3)Nc3ccccc3S2(=O)=O)c1. The minimum atomic E-state index is -3.64. The van der Waals surface area contributed by atoms with E-state index in [9.17, 15) is 8.42 Å². The Morgan fingerprint density at radius 1 is 1.00 bits per heavy atom. The largest absolute Gasteiger partial charge is 0.364 e. The van der Waals surface area contributed by atoms with Crippen molar-refractivity contribution in [2.75, 3.05) is 5.32 Å². The summed E-state index contributed by atoms with van der Waals surface area (Å²) >= 11 is 3.44. The normalized spacial score (nSPS) is 18.5. The maximum absolute atomic E-state index is 13.4. The van der Waals surface area contributed by atoms with Gasteiger partial charge in [-0.2, -0.15) is 4.31 Å². The predicted molar refractivity (Wildman–Crippen MR) is 111 cm³/mol. The smallest absolute Gasteiger partial charge is 0.247 e. The Morgan fingerprint density at radius 3 is 2.48 bits per heavy atom. The summed E-state index contributed by atoms with van der Waals surface area (Å²) in [6, 6.07) is 22.7. The van der Waals surface area contributed by atoms with Crippen molar-refractivity contribution in [3.63, 3.8) is 0 Å². The van der Waals surface area contributed by atoms with E-state index in [0.717, 1.165) is 21.2 Å². The molecule has 1 N–H and O–H groups in total. The van der Waals surface area contributed by atoms with Crippen LogP contribution in [0.1, 0.15) is 22.9 Å². The Balaban J connectivity index is 1.83. The number of anilines is 1. The highest BCUT2D eigenvalue weighted by Gasteiger charge is 2.38. The Bertz CT molecular complexity index is 1080. The Morgan fingerprint density at radius 2 is 1.74 bits per heavy atom. The van der Waals surface area contributed by atoms with E-state index < -0.39 is 16.2 Å². The summed E-state index contributed by atoms with van der Waals surface area (Å²) in [6.45, 7) is 2.31. The Labute approximate surface area is 168 Å². The molecule has 6 heteroatoms. The zero-order valence-corrected chi connectivity index (χ0v) is 17.2. The van der Waals surface area contributed by atoms with Gasteiger partial charge in [0.2, 0.25) is 10.0 Å². The summed E-state index contributed by atoms with van der Waals surface area (Å²) in [6.07, 6.45) is -0.474. The van der Waals surface area contributed by atoms with Gasteiger partial charge in [0.15, 0.2) is 0 Å². The lowest BCUT2D eigenvalue weighted by Gasteiger charge is -2.37. The first-order valence-electron chi connectivity index (χ1n) is 8.63. The van der Waals surface area contributed by atoms with Crippen LogP contribution in [0.5, 0.6) is 0 Å². The van der Waals surface area contributed by atoms with E-state index >= 15 is 0 Å². The summed E-state index contributed by atoms with van der Waals surface area (Å²) in [4.78, 5) is 0.311. The van der Waals surface area contributed by atoms with Crippen molar-refractivity contribution in [3.8, 4) is 0 Å². The summed E-state index contributed by atoms with van der Waals surface area (Å²) < 4.78 is 29.3. The molecule has 0 fully saturated rings. The Hall–Kier alpha value is -2.15. The third kappa shape index (κ3) is 3.52. The standard InChI is InChI=1S/C21H19BrN2O2S/c1-15-5-4-6-16(13-15)14-24-21(17-9-11-18(22)12-10-17)23-19-7-2-3-8-20(19)27(24,25)26/h2-13,21,23H,14H2,1H3. The number of nitrogens with zero attached hydrogens (tertiary/aromatic N) is 1. The van der Waals surface area contributed by atoms with Crippen molar-refractivity contribution in [2.24, 2.45) is 0 Å². The fraction of sp³-hybridized carbons (Fsp3) is 0.143. The third-order valence-electron chi connectivity index (χ3n) is 4.66. The van der Waals surface area contributed by atoms with E-state index in [1.54, 1.807) is 12.1 Å². The molecule has 1 aliphatic rings. The molecule has 0 bridgehead atoms. The molecule has 3 aromatic carbocycles. The van der Waals surface area contributed by atoms with Crippen LogP contribution < -0.4 is 5.32 Å². The van der Waals surface area contributed by atoms with Gasteiger partial charge in [-0.05, 0) is 42.3 Å². The maximum atomic E-state index is 13.4. The van der Waals surface area contributed by atoms with Crippen LogP contribution in [-0.2, 0) is 16.6 Å². The summed E-state index contributed by atoms with van der Waals surface area (Å²) in [5, 5.41) is 3.40. The molecule has 0 saturated heterocycles. The lowest BCUT2D eigenvalue weighted by atomic mass is 10.1. The van der Waals surface area contributed by atoms with E-state index in [4.69, 9.17) is 0 Å². The summed E-state index contributed by atoms with van der Waals surface area (Å²) in [5.74, 6) is 0. The van der Waals surface area contributed by atoms with Crippen LogP contribution in [-0.4, -0.2) is 12.7 Å². The molecule has 0 aromatic heterocycles. The topological polar surface area (TPSA) is 49.4 Å². The number of rotatable bonds is 3. The first-order valence-corrected chi connectivity index (χ1v) is 10.9. The number of hydrogen-bond acceptors (Lipinski definition) is 3. The van der Waals surface area contributed by atoms with Crippen LogP contribution in [0, 0.1) is 6.92 Å². The zero-order chi connectivity index (χ0) is 19.0. The molecule has 1 aliphatic heterocycles. The lowest BCUT2D eigenvalue weighted by molar-refractivity contribution is 0.336. The molecule has 0 saturated carbocycles. The molecule has 0 amide bonds. The van der Waals surface area contributed by atoms with Crippen molar-refractivity contribution in [1.82, 2.24) is 4.31 Å². The van der Waals surface area contributed by atoms with Gasteiger partial charge in [-0.1, -0.05) is 70.0 Å². The van der Waals surface area contributed by atoms with Crippen LogP contribution in [0.3, 0.4) is 0 Å². The number of aryl methyl sites for hydroxylation is 1. The van der Waals surface area contributed by atoms with Crippen molar-refractivity contribution < 1.29 is 8.42 Å². The molecule has 1 heterocycles. The number of fused-ring (bicyclic) bond motifs is 1. The van der Waals surface area contributed by atoms with E-state index in [0.29, 0.717) is 17.1 Å². The molecular formula is C21H19BrN2O2S. The van der Waals surface area contributed by atoms with E-state index in [2.05, 4.69) is 21.2 Å². The molecule has 0 spiro atoms. The highest BCUT2D eigenvalue weighted by atomic mass is 79.9. The second kappa shape index (κ2) is 7.11. The number of halogens is 1. The van der Waals surface area contributed by atoms with Gasteiger partial charge in [-0.3, -0.25) is 0 Å². The van der Waals surface area contributed by atoms with Gasteiger partial charge in [0.05, 0.1) is 5.69 Å². The molecule has 3 aromatic rings. The minimum Gasteiger partial charge on any atom is -0.364 e. The molecule has 27 heavy (non-hydrogen) atoms. The van der Waals surface area contributed by atoms with Crippen molar-refractivity contribution in [1.29, 1.82) is 0 Å². The number of sulfonamides is 1. The fourth-order valence-corrected chi connectivity index (χ4v) is 5.30. The van der Waals surface area contributed by atoms with Gasteiger partial charge in [-0.25, -0.2) is 8.42 Å². The van der Waals surface area contributed by atoms with E-state index in [-0.39, 0.29) is 0 Å². The molecule has 4 nitrogen and oxygen atoms in total. The van der Waals surface area contributed by atoms with Crippen LogP contribution in [0.2, 0.25) is 0 Å². The van der Waals surface area contributed by atoms with Gasteiger partial charge in [0.25, 0.3) is 0 Å². The second-order valence-corrected chi connectivity index (χ2v) is 9.41. The van der Waals surface area contributed by atoms with Crippen molar-refractivity contribution >= 4 is 31.6 Å². The molecule has 1 unspecified atom stereocenters. The monoisotopic (exact) mass is 442 g/mol. The first-order chi connectivity index (χ1) is 12.9. The molecule has 0 aliphatic carbocycles. The average Bonchev–Trinajstić information content (AvgIpc) is 2.65. The van der Waals surface area contributed by atoms with Crippen molar-refractivity contribution in [3.05, 3.63) is 94.0 Å². The van der Waals surface area contributed by atoms with Gasteiger partial charge < -0.3 is 5.32 Å². The number of benzene rings is 3. The minimum absolute atomic E-state index is 0.298. The highest BCUT2D eigenvalue weighted by molar-refractivity contribution is 9.10. The van der Waals surface area contributed by atoms with Gasteiger partial charge in [-0.15, -0.1) is 0 Å². The van der Waals surface area contributed by atoms with E-state index in [1.165, 1.54) is 4.31 Å². The Kier molecular flexibility index (Phi) is 4.80. The molecule has 4 rings (SSSR count). The molecule has 0 radical (unpaired) electrons. The third-order valence-corrected chi connectivity index (χ3v) is 7.06. The molecule has 138 valence electrons. The molecule has 1 atom stereocenters. The van der Waals surface area contributed by atoms with Crippen LogP contribution in [0.4, 0.5) is 5.69 Å². The van der Waals surface area contributed by atoms with E-state index in [1.807, 2.05) is 67.6 Å². The maximum Gasteiger partial charge on any atom is 0.247 e. The van der Waals surface area contributed by atoms with Gasteiger partial charge in [0.1, 0.15) is 11.1 Å². The number of nitrogens with one attached hydrogen (secondary N) is 1. The predicted octanol–water partition coefficient (Wildman–Crippen LogP) is 5.07. The van der Waals surface area contributed by atoms with Gasteiger partial charge in [0, 0.05) is 11.0 Å². The summed E-state index contributed by atoms with van der Waals surface area (Å²) in [5.41, 5.74) is 3.59. The zero-order valence-electron chi connectivity index (χ0n) is 14.8. The fourth-order valence-electron chi connectivity index (χ4n) is 3.36. The summed E-state index contributed by atoms with van der Waals surface area (Å²) in [7, 11) is -3.64. The van der Waals surface area contributed by atoms with Crippen LogP contribution in [0.15, 0.2) is 82.2 Å². The van der Waals surface area contributed by atoms with Crippen molar-refractivity contribution in [2.45, 2.75) is 24.5 Å².